The quantitative estimate of drug-likeness (QED) is 0.782. The van der Waals surface area contributed by atoms with Crippen LogP contribution in [0.4, 0.5) is 0 Å². The second kappa shape index (κ2) is 2.57. The molecular weight excluding hydrogens is 214 g/mol. The average molecular weight is 226 g/mol. The third-order valence-corrected chi connectivity index (χ3v) is 3.17. The minimum atomic E-state index is -0.0236. The highest BCUT2D eigenvalue weighted by molar-refractivity contribution is 9.10. The third kappa shape index (κ3) is 1.19. The minimum Gasteiger partial charge on any atom is -0.321 e. The summed E-state index contributed by atoms with van der Waals surface area (Å²) in [6.07, 6.45) is 2.24. The molecule has 0 unspecified atom stereocenters. The lowest BCUT2D eigenvalue weighted by Crippen LogP contribution is -2.20. The Kier molecular flexibility index (Phi) is 1.77. The minimum absolute atomic E-state index is 0.0236. The van der Waals surface area contributed by atoms with Gasteiger partial charge in [0.1, 0.15) is 0 Å². The molecule has 2 heteroatoms. The lowest BCUT2D eigenvalue weighted by molar-refractivity contribution is 0.728. The Morgan fingerprint density at radius 2 is 2.08 bits per heavy atom. The average Bonchev–Trinajstić information content (AvgIpc) is 2.68. The number of aryl methyl sites for hydroxylation is 1. The standard InChI is InChI=1S/C10H12BrN/c1-7-3-2-4-8(11)9(7)10(12)5-6-10/h2-4H,5-6,12H2,1H3. The van der Waals surface area contributed by atoms with E-state index in [4.69, 9.17) is 5.73 Å². The van der Waals surface area contributed by atoms with Gasteiger partial charge in [-0.25, -0.2) is 0 Å². The van der Waals surface area contributed by atoms with E-state index in [1.165, 1.54) is 11.1 Å². The van der Waals surface area contributed by atoms with Gasteiger partial charge in [-0.1, -0.05) is 28.1 Å². The van der Waals surface area contributed by atoms with Gasteiger partial charge in [0.05, 0.1) is 0 Å². The van der Waals surface area contributed by atoms with Crippen molar-refractivity contribution < 1.29 is 0 Å². The number of hydrogen-bond donors (Lipinski definition) is 1. The molecule has 1 aromatic rings. The largest absolute Gasteiger partial charge is 0.321 e. The Hall–Kier alpha value is -0.340. The van der Waals surface area contributed by atoms with Crippen LogP contribution in [0.25, 0.3) is 0 Å². The molecular formula is C10H12BrN. The second-order valence-electron chi connectivity index (χ2n) is 3.59. The van der Waals surface area contributed by atoms with E-state index in [2.05, 4.69) is 41.1 Å². The molecule has 12 heavy (non-hydrogen) atoms. The molecule has 0 saturated heterocycles. The molecule has 0 heterocycles. The van der Waals surface area contributed by atoms with Crippen molar-refractivity contribution in [1.82, 2.24) is 0 Å². The van der Waals surface area contributed by atoms with Gasteiger partial charge in [-0.05, 0) is 37.0 Å². The van der Waals surface area contributed by atoms with Crippen molar-refractivity contribution in [3.8, 4) is 0 Å². The van der Waals surface area contributed by atoms with E-state index in [0.29, 0.717) is 0 Å². The molecule has 0 aliphatic heterocycles. The first-order valence-electron chi connectivity index (χ1n) is 4.18. The van der Waals surface area contributed by atoms with Crippen LogP contribution in [0.15, 0.2) is 22.7 Å². The summed E-state index contributed by atoms with van der Waals surface area (Å²) in [7, 11) is 0. The van der Waals surface area contributed by atoms with Gasteiger partial charge < -0.3 is 5.73 Å². The van der Waals surface area contributed by atoms with Gasteiger partial charge in [0.2, 0.25) is 0 Å². The molecule has 0 amide bonds. The Balaban J connectivity index is 2.55. The highest BCUT2D eigenvalue weighted by atomic mass is 79.9. The highest BCUT2D eigenvalue weighted by Crippen LogP contribution is 2.46. The summed E-state index contributed by atoms with van der Waals surface area (Å²) in [5, 5.41) is 0. The van der Waals surface area contributed by atoms with Gasteiger partial charge in [-0.15, -0.1) is 0 Å². The fourth-order valence-electron chi connectivity index (χ4n) is 1.65. The van der Waals surface area contributed by atoms with Gasteiger partial charge >= 0.3 is 0 Å². The molecule has 2 N–H and O–H groups in total. The van der Waals surface area contributed by atoms with E-state index in [0.717, 1.165) is 17.3 Å². The summed E-state index contributed by atoms with van der Waals surface area (Å²) in [4.78, 5) is 0. The molecule has 64 valence electrons. The maximum absolute atomic E-state index is 6.14. The number of benzene rings is 1. The number of nitrogens with two attached hydrogens (primary N) is 1. The molecule has 0 bridgehead atoms. The van der Waals surface area contributed by atoms with Crippen molar-refractivity contribution in [2.45, 2.75) is 25.3 Å². The Morgan fingerprint density at radius 1 is 1.42 bits per heavy atom. The number of hydrogen-bond acceptors (Lipinski definition) is 1. The predicted octanol–water partition coefficient (Wildman–Crippen LogP) is 2.71. The van der Waals surface area contributed by atoms with E-state index in [1.807, 2.05) is 0 Å². The van der Waals surface area contributed by atoms with Crippen molar-refractivity contribution >= 4 is 15.9 Å². The van der Waals surface area contributed by atoms with Gasteiger partial charge in [-0.3, -0.25) is 0 Å². The highest BCUT2D eigenvalue weighted by Gasteiger charge is 2.42. The van der Waals surface area contributed by atoms with Crippen LogP contribution in [0.2, 0.25) is 0 Å². The van der Waals surface area contributed by atoms with Crippen molar-refractivity contribution in [3.63, 3.8) is 0 Å². The molecule has 0 aromatic heterocycles. The summed E-state index contributed by atoms with van der Waals surface area (Å²) >= 11 is 3.54. The van der Waals surface area contributed by atoms with Crippen molar-refractivity contribution in [2.75, 3.05) is 0 Å². The summed E-state index contributed by atoms with van der Waals surface area (Å²) < 4.78 is 1.16. The molecule has 1 aliphatic rings. The van der Waals surface area contributed by atoms with Gasteiger partial charge in [0.15, 0.2) is 0 Å². The molecule has 0 atom stereocenters. The zero-order valence-corrected chi connectivity index (χ0v) is 8.69. The van der Waals surface area contributed by atoms with E-state index in [1.54, 1.807) is 0 Å². The van der Waals surface area contributed by atoms with E-state index in [9.17, 15) is 0 Å². The van der Waals surface area contributed by atoms with Crippen LogP contribution in [0.1, 0.15) is 24.0 Å². The monoisotopic (exact) mass is 225 g/mol. The second-order valence-corrected chi connectivity index (χ2v) is 4.44. The molecule has 1 aromatic carbocycles. The molecule has 1 fully saturated rings. The maximum Gasteiger partial charge on any atom is 0.0425 e. The molecule has 1 saturated carbocycles. The third-order valence-electron chi connectivity index (χ3n) is 2.51. The van der Waals surface area contributed by atoms with Crippen LogP contribution in [-0.2, 0) is 5.54 Å². The summed E-state index contributed by atoms with van der Waals surface area (Å²) in [6.45, 7) is 2.12. The van der Waals surface area contributed by atoms with Crippen molar-refractivity contribution in [3.05, 3.63) is 33.8 Å². The van der Waals surface area contributed by atoms with Crippen LogP contribution in [0, 0.1) is 6.92 Å². The van der Waals surface area contributed by atoms with Gasteiger partial charge in [0.25, 0.3) is 0 Å². The van der Waals surface area contributed by atoms with Crippen LogP contribution < -0.4 is 5.73 Å². The van der Waals surface area contributed by atoms with E-state index < -0.39 is 0 Å². The van der Waals surface area contributed by atoms with Crippen LogP contribution in [-0.4, -0.2) is 0 Å². The summed E-state index contributed by atoms with van der Waals surface area (Å²) in [5.74, 6) is 0. The van der Waals surface area contributed by atoms with Crippen LogP contribution in [0.3, 0.4) is 0 Å². The fourth-order valence-corrected chi connectivity index (χ4v) is 2.51. The van der Waals surface area contributed by atoms with E-state index >= 15 is 0 Å². The molecule has 1 nitrogen and oxygen atoms in total. The van der Waals surface area contributed by atoms with Gasteiger partial charge in [-0.2, -0.15) is 0 Å². The maximum atomic E-state index is 6.14. The summed E-state index contributed by atoms with van der Waals surface area (Å²) in [6, 6.07) is 6.23. The van der Waals surface area contributed by atoms with Gasteiger partial charge in [0, 0.05) is 10.0 Å². The lowest BCUT2D eigenvalue weighted by atomic mass is 10.0. The first kappa shape index (κ1) is 8.27. The first-order valence-corrected chi connectivity index (χ1v) is 4.97. The molecule has 1 aliphatic carbocycles. The van der Waals surface area contributed by atoms with Crippen LogP contribution >= 0.6 is 15.9 Å². The normalized spacial score (nSPS) is 19.2. The first-order chi connectivity index (χ1) is 5.63. The molecule has 2 rings (SSSR count). The number of halogens is 1. The number of rotatable bonds is 1. The zero-order valence-electron chi connectivity index (χ0n) is 7.10. The van der Waals surface area contributed by atoms with E-state index in [-0.39, 0.29) is 5.54 Å². The lowest BCUT2D eigenvalue weighted by Gasteiger charge is -2.14. The van der Waals surface area contributed by atoms with Crippen molar-refractivity contribution in [2.24, 2.45) is 5.73 Å². The van der Waals surface area contributed by atoms with Crippen molar-refractivity contribution in [1.29, 1.82) is 0 Å². The zero-order chi connectivity index (χ0) is 8.77. The molecule has 0 spiro atoms. The summed E-state index contributed by atoms with van der Waals surface area (Å²) in [5.41, 5.74) is 8.71. The fraction of sp³-hybridized carbons (Fsp3) is 0.400. The predicted molar refractivity (Wildman–Crippen MR) is 54.0 cm³/mol. The topological polar surface area (TPSA) is 26.0 Å². The van der Waals surface area contributed by atoms with Crippen LogP contribution in [0.5, 0.6) is 0 Å². The Morgan fingerprint density at radius 3 is 2.58 bits per heavy atom. The molecule has 0 radical (unpaired) electrons. The Labute approximate surface area is 81.1 Å². The smallest absolute Gasteiger partial charge is 0.0425 e. The SMILES string of the molecule is Cc1cccc(Br)c1C1(N)CC1. The Bertz CT molecular complexity index is 295.